The molecule has 0 radical (unpaired) electrons. The summed E-state index contributed by atoms with van der Waals surface area (Å²) in [5.74, 6) is 0.343. The van der Waals surface area contributed by atoms with Crippen molar-refractivity contribution < 1.29 is 4.39 Å². The Morgan fingerprint density at radius 3 is 2.47 bits per heavy atom. The third-order valence-electron chi connectivity index (χ3n) is 3.31. The van der Waals surface area contributed by atoms with Crippen LogP contribution in [0.25, 0.3) is 0 Å². The predicted molar refractivity (Wildman–Crippen MR) is 71.9 cm³/mol. The fraction of sp³-hybridized carbons (Fsp3) is 0.571. The quantitative estimate of drug-likeness (QED) is 0.787. The van der Waals surface area contributed by atoms with E-state index < -0.39 is 0 Å². The molecule has 0 aliphatic rings. The number of rotatable bonds is 6. The van der Waals surface area contributed by atoms with Gasteiger partial charge in [0.05, 0.1) is 5.02 Å². The van der Waals surface area contributed by atoms with Gasteiger partial charge < -0.3 is 5.32 Å². The highest BCUT2D eigenvalue weighted by atomic mass is 35.5. The molecule has 0 bridgehead atoms. The van der Waals surface area contributed by atoms with E-state index in [1.165, 1.54) is 18.9 Å². The van der Waals surface area contributed by atoms with E-state index in [2.05, 4.69) is 26.1 Å². The van der Waals surface area contributed by atoms with Crippen LogP contribution in [0, 0.1) is 11.7 Å². The maximum absolute atomic E-state index is 13.0. The highest BCUT2D eigenvalue weighted by Gasteiger charge is 2.10. The summed E-state index contributed by atoms with van der Waals surface area (Å²) in [6, 6.07) is 5.11. The Morgan fingerprint density at radius 1 is 1.29 bits per heavy atom. The second kappa shape index (κ2) is 6.97. The molecule has 1 unspecified atom stereocenters. The zero-order valence-corrected chi connectivity index (χ0v) is 11.5. The van der Waals surface area contributed by atoms with Gasteiger partial charge in [0.15, 0.2) is 0 Å². The van der Waals surface area contributed by atoms with Crippen molar-refractivity contribution in [3.63, 3.8) is 0 Å². The van der Waals surface area contributed by atoms with Gasteiger partial charge in [0, 0.05) is 6.04 Å². The molecule has 0 fully saturated rings. The summed E-state index contributed by atoms with van der Waals surface area (Å²) < 4.78 is 13.0. The Labute approximate surface area is 108 Å². The summed E-state index contributed by atoms with van der Waals surface area (Å²) >= 11 is 5.77. The lowest BCUT2D eigenvalue weighted by Crippen LogP contribution is -2.25. The maximum atomic E-state index is 13.0. The SMILES string of the molecule is CCC(CC)CNC(C)c1ccc(F)c(Cl)c1. The topological polar surface area (TPSA) is 12.0 Å². The van der Waals surface area contributed by atoms with Gasteiger partial charge in [0.2, 0.25) is 0 Å². The normalized spacial score (nSPS) is 13.1. The Bertz CT molecular complexity index is 350. The van der Waals surface area contributed by atoms with E-state index in [0.717, 1.165) is 12.1 Å². The Kier molecular flexibility index (Phi) is 5.93. The fourth-order valence-corrected chi connectivity index (χ4v) is 2.01. The Hall–Kier alpha value is -0.600. The zero-order chi connectivity index (χ0) is 12.8. The summed E-state index contributed by atoms with van der Waals surface area (Å²) in [6.45, 7) is 7.47. The molecule has 0 aliphatic carbocycles. The molecule has 0 amide bonds. The van der Waals surface area contributed by atoms with Gasteiger partial charge in [-0.15, -0.1) is 0 Å². The van der Waals surface area contributed by atoms with Gasteiger partial charge >= 0.3 is 0 Å². The minimum absolute atomic E-state index is 0.193. The molecule has 0 aromatic heterocycles. The molecule has 0 aliphatic heterocycles. The van der Waals surface area contributed by atoms with Crippen molar-refractivity contribution in [1.82, 2.24) is 5.32 Å². The van der Waals surface area contributed by atoms with Crippen molar-refractivity contribution in [2.75, 3.05) is 6.54 Å². The average molecular weight is 258 g/mol. The summed E-state index contributed by atoms with van der Waals surface area (Å²) in [5, 5.41) is 3.66. The first-order valence-corrected chi connectivity index (χ1v) is 6.64. The highest BCUT2D eigenvalue weighted by Crippen LogP contribution is 2.21. The van der Waals surface area contributed by atoms with Gasteiger partial charge in [0.25, 0.3) is 0 Å². The second-order valence-electron chi connectivity index (χ2n) is 4.49. The van der Waals surface area contributed by atoms with Gasteiger partial charge in [-0.3, -0.25) is 0 Å². The average Bonchev–Trinajstić information content (AvgIpc) is 2.33. The van der Waals surface area contributed by atoms with Crippen LogP contribution in [0.4, 0.5) is 4.39 Å². The van der Waals surface area contributed by atoms with E-state index >= 15 is 0 Å². The summed E-state index contributed by atoms with van der Waals surface area (Å²) in [7, 11) is 0. The first kappa shape index (κ1) is 14.5. The fourth-order valence-electron chi connectivity index (χ4n) is 1.82. The van der Waals surface area contributed by atoms with Gasteiger partial charge in [-0.05, 0) is 37.1 Å². The summed E-state index contributed by atoms with van der Waals surface area (Å²) in [5.41, 5.74) is 1.03. The van der Waals surface area contributed by atoms with Crippen molar-refractivity contribution >= 4 is 11.6 Å². The number of benzene rings is 1. The molecule has 0 saturated heterocycles. The molecule has 1 aromatic carbocycles. The highest BCUT2D eigenvalue weighted by molar-refractivity contribution is 6.30. The molecule has 0 saturated carbocycles. The molecular weight excluding hydrogens is 237 g/mol. The molecule has 96 valence electrons. The first-order chi connectivity index (χ1) is 8.08. The molecule has 0 spiro atoms. The van der Waals surface area contributed by atoms with Crippen molar-refractivity contribution in [2.45, 2.75) is 39.7 Å². The van der Waals surface area contributed by atoms with Crippen LogP contribution in [-0.2, 0) is 0 Å². The van der Waals surface area contributed by atoms with Gasteiger partial charge in [0.1, 0.15) is 5.82 Å². The van der Waals surface area contributed by atoms with Gasteiger partial charge in [-0.1, -0.05) is 44.4 Å². The van der Waals surface area contributed by atoms with E-state index in [-0.39, 0.29) is 16.9 Å². The molecule has 0 heterocycles. The predicted octanol–water partition coefficient (Wildman–Crippen LogP) is 4.57. The van der Waals surface area contributed by atoms with Crippen LogP contribution < -0.4 is 5.32 Å². The van der Waals surface area contributed by atoms with Crippen LogP contribution in [-0.4, -0.2) is 6.54 Å². The number of nitrogens with one attached hydrogen (secondary N) is 1. The number of hydrogen-bond acceptors (Lipinski definition) is 1. The Balaban J connectivity index is 2.57. The molecule has 1 aromatic rings. The summed E-state index contributed by atoms with van der Waals surface area (Å²) in [4.78, 5) is 0. The van der Waals surface area contributed by atoms with Crippen LogP contribution in [0.15, 0.2) is 18.2 Å². The van der Waals surface area contributed by atoms with Crippen LogP contribution in [0.5, 0.6) is 0 Å². The minimum atomic E-state index is -0.359. The number of halogens is 2. The van der Waals surface area contributed by atoms with Crippen molar-refractivity contribution in [2.24, 2.45) is 5.92 Å². The molecule has 1 rings (SSSR count). The van der Waals surface area contributed by atoms with Crippen LogP contribution in [0.2, 0.25) is 5.02 Å². The van der Waals surface area contributed by atoms with Crippen molar-refractivity contribution in [3.05, 3.63) is 34.6 Å². The van der Waals surface area contributed by atoms with E-state index in [4.69, 9.17) is 11.6 Å². The molecule has 1 atom stereocenters. The lowest BCUT2D eigenvalue weighted by molar-refractivity contribution is 0.422. The third kappa shape index (κ3) is 4.29. The van der Waals surface area contributed by atoms with E-state index in [1.807, 2.05) is 0 Å². The monoisotopic (exact) mass is 257 g/mol. The van der Waals surface area contributed by atoms with Crippen molar-refractivity contribution in [1.29, 1.82) is 0 Å². The lowest BCUT2D eigenvalue weighted by Gasteiger charge is -2.19. The molecular formula is C14H21ClFN. The van der Waals surface area contributed by atoms with E-state index in [1.54, 1.807) is 12.1 Å². The molecule has 1 nitrogen and oxygen atoms in total. The van der Waals surface area contributed by atoms with Gasteiger partial charge in [-0.25, -0.2) is 4.39 Å². The number of hydrogen-bond donors (Lipinski definition) is 1. The van der Waals surface area contributed by atoms with Crippen LogP contribution in [0.3, 0.4) is 0 Å². The van der Waals surface area contributed by atoms with E-state index in [0.29, 0.717) is 5.92 Å². The van der Waals surface area contributed by atoms with Gasteiger partial charge in [-0.2, -0.15) is 0 Å². The molecule has 3 heteroatoms. The summed E-state index contributed by atoms with van der Waals surface area (Å²) in [6.07, 6.45) is 2.36. The van der Waals surface area contributed by atoms with Crippen LogP contribution in [0.1, 0.15) is 45.2 Å². The minimum Gasteiger partial charge on any atom is -0.310 e. The smallest absolute Gasteiger partial charge is 0.141 e. The zero-order valence-electron chi connectivity index (χ0n) is 10.8. The molecule has 17 heavy (non-hydrogen) atoms. The maximum Gasteiger partial charge on any atom is 0.141 e. The van der Waals surface area contributed by atoms with Crippen LogP contribution >= 0.6 is 11.6 Å². The van der Waals surface area contributed by atoms with Crippen molar-refractivity contribution in [3.8, 4) is 0 Å². The van der Waals surface area contributed by atoms with E-state index in [9.17, 15) is 4.39 Å². The Morgan fingerprint density at radius 2 is 1.94 bits per heavy atom. The second-order valence-corrected chi connectivity index (χ2v) is 4.89. The standard InChI is InChI=1S/C14H21ClFN/c1-4-11(5-2)9-17-10(3)12-6-7-14(16)13(15)8-12/h6-8,10-11,17H,4-5,9H2,1-3H3. The lowest BCUT2D eigenvalue weighted by atomic mass is 10.0. The first-order valence-electron chi connectivity index (χ1n) is 6.26. The molecule has 1 N–H and O–H groups in total. The largest absolute Gasteiger partial charge is 0.310 e. The third-order valence-corrected chi connectivity index (χ3v) is 3.60.